The number of carbonyl (C=O) groups excluding carboxylic acids is 1. The molecule has 1 aromatic carbocycles. The molecule has 3 nitrogen and oxygen atoms in total. The van der Waals surface area contributed by atoms with Crippen molar-refractivity contribution in [2.75, 3.05) is 6.54 Å². The summed E-state index contributed by atoms with van der Waals surface area (Å²) < 4.78 is 0. The molecule has 1 amide bonds. The molecule has 16 heavy (non-hydrogen) atoms. The van der Waals surface area contributed by atoms with E-state index < -0.39 is 6.09 Å². The summed E-state index contributed by atoms with van der Waals surface area (Å²) in [6.07, 6.45) is 1.94. The van der Waals surface area contributed by atoms with E-state index in [0.29, 0.717) is 6.54 Å². The van der Waals surface area contributed by atoms with Crippen molar-refractivity contribution in [3.8, 4) is 0 Å². The molecule has 0 fully saturated rings. The SMILES string of the molecule is CCN(C([O])=O)C1CCCc2ccccc21. The van der Waals surface area contributed by atoms with Crippen LogP contribution in [0, 0.1) is 0 Å². The Morgan fingerprint density at radius 2 is 2.19 bits per heavy atom. The fourth-order valence-corrected chi connectivity index (χ4v) is 2.53. The first-order valence-electron chi connectivity index (χ1n) is 5.79. The van der Waals surface area contributed by atoms with Crippen LogP contribution in [0.3, 0.4) is 0 Å². The van der Waals surface area contributed by atoms with Crippen LogP contribution in [-0.2, 0) is 11.5 Å². The highest BCUT2D eigenvalue weighted by molar-refractivity contribution is 5.65. The largest absolute Gasteiger partial charge is 0.453 e. The third kappa shape index (κ3) is 1.90. The van der Waals surface area contributed by atoms with Gasteiger partial charge in [-0.05, 0) is 37.3 Å². The van der Waals surface area contributed by atoms with Gasteiger partial charge in [0.25, 0.3) is 0 Å². The van der Waals surface area contributed by atoms with Crippen LogP contribution >= 0.6 is 0 Å². The summed E-state index contributed by atoms with van der Waals surface area (Å²) in [5.41, 5.74) is 2.43. The van der Waals surface area contributed by atoms with Gasteiger partial charge in [0.15, 0.2) is 0 Å². The molecule has 1 unspecified atom stereocenters. The minimum Gasteiger partial charge on any atom is -0.298 e. The number of amides is 1. The standard InChI is InChI=1S/C13H16NO2/c1-2-14(13(15)16)12-9-5-7-10-6-3-4-8-11(10)12/h3-4,6,8,12H,2,5,7,9H2,1H3. The maximum Gasteiger partial charge on any atom is 0.453 e. The Hall–Kier alpha value is -1.51. The number of aryl methyl sites for hydroxylation is 1. The quantitative estimate of drug-likeness (QED) is 0.752. The van der Waals surface area contributed by atoms with Crippen molar-refractivity contribution in [1.82, 2.24) is 4.90 Å². The Balaban J connectivity index is 2.34. The lowest BCUT2D eigenvalue weighted by Gasteiger charge is -2.32. The van der Waals surface area contributed by atoms with Crippen molar-refractivity contribution in [1.29, 1.82) is 0 Å². The normalized spacial score (nSPS) is 18.9. The average Bonchev–Trinajstić information content (AvgIpc) is 2.30. The smallest absolute Gasteiger partial charge is 0.298 e. The van der Waals surface area contributed by atoms with E-state index in [-0.39, 0.29) is 6.04 Å². The Morgan fingerprint density at radius 1 is 1.44 bits per heavy atom. The van der Waals surface area contributed by atoms with E-state index in [1.54, 1.807) is 0 Å². The monoisotopic (exact) mass is 218 g/mol. The highest BCUT2D eigenvalue weighted by Crippen LogP contribution is 2.33. The van der Waals surface area contributed by atoms with E-state index in [1.807, 2.05) is 25.1 Å². The van der Waals surface area contributed by atoms with Gasteiger partial charge in [-0.25, -0.2) is 9.90 Å². The van der Waals surface area contributed by atoms with Crippen molar-refractivity contribution in [2.24, 2.45) is 0 Å². The van der Waals surface area contributed by atoms with E-state index in [9.17, 15) is 9.90 Å². The average molecular weight is 218 g/mol. The maximum absolute atomic E-state index is 11.1. The predicted octanol–water partition coefficient (Wildman–Crippen LogP) is 2.94. The van der Waals surface area contributed by atoms with Crippen molar-refractivity contribution in [2.45, 2.75) is 32.2 Å². The van der Waals surface area contributed by atoms with Gasteiger partial charge >= 0.3 is 6.09 Å². The summed E-state index contributed by atoms with van der Waals surface area (Å²) in [6, 6.07) is 8.09. The molecule has 1 aliphatic rings. The van der Waals surface area contributed by atoms with Gasteiger partial charge in [-0.2, -0.15) is 0 Å². The van der Waals surface area contributed by atoms with E-state index in [4.69, 9.17) is 0 Å². The molecule has 1 radical (unpaired) electrons. The topological polar surface area (TPSA) is 40.2 Å². The molecule has 0 aromatic heterocycles. The lowest BCUT2D eigenvalue weighted by Crippen LogP contribution is -2.34. The first kappa shape index (κ1) is 11.0. The van der Waals surface area contributed by atoms with Gasteiger partial charge in [0.05, 0.1) is 6.04 Å². The zero-order chi connectivity index (χ0) is 11.5. The summed E-state index contributed by atoms with van der Waals surface area (Å²) >= 11 is 0. The molecule has 0 spiro atoms. The van der Waals surface area contributed by atoms with Crippen LogP contribution in [0.15, 0.2) is 24.3 Å². The Kier molecular flexibility index (Phi) is 3.13. The Labute approximate surface area is 95.7 Å². The molecule has 1 aliphatic carbocycles. The number of fused-ring (bicyclic) bond motifs is 1. The molecule has 0 bridgehead atoms. The molecule has 0 aliphatic heterocycles. The van der Waals surface area contributed by atoms with E-state index in [0.717, 1.165) is 24.8 Å². The molecule has 2 rings (SSSR count). The van der Waals surface area contributed by atoms with Gasteiger partial charge in [-0.15, -0.1) is 0 Å². The highest BCUT2D eigenvalue weighted by Gasteiger charge is 2.28. The van der Waals surface area contributed by atoms with Crippen molar-refractivity contribution in [3.63, 3.8) is 0 Å². The number of rotatable bonds is 2. The van der Waals surface area contributed by atoms with Gasteiger partial charge in [0, 0.05) is 6.54 Å². The lowest BCUT2D eigenvalue weighted by molar-refractivity contribution is 0.0986. The van der Waals surface area contributed by atoms with Crippen molar-refractivity contribution < 1.29 is 9.90 Å². The number of benzene rings is 1. The van der Waals surface area contributed by atoms with Crippen LogP contribution in [0.4, 0.5) is 4.79 Å². The molecular weight excluding hydrogens is 202 g/mol. The fourth-order valence-electron chi connectivity index (χ4n) is 2.53. The lowest BCUT2D eigenvalue weighted by atomic mass is 9.87. The number of nitrogens with zero attached hydrogens (tertiary/aromatic N) is 1. The first-order valence-corrected chi connectivity index (χ1v) is 5.79. The first-order chi connectivity index (χ1) is 7.74. The Morgan fingerprint density at radius 3 is 2.88 bits per heavy atom. The van der Waals surface area contributed by atoms with E-state index in [1.165, 1.54) is 10.5 Å². The van der Waals surface area contributed by atoms with E-state index >= 15 is 0 Å². The van der Waals surface area contributed by atoms with Crippen LogP contribution in [0.5, 0.6) is 0 Å². The van der Waals surface area contributed by atoms with Crippen LogP contribution in [-0.4, -0.2) is 17.5 Å². The Bertz CT molecular complexity index is 389. The van der Waals surface area contributed by atoms with Crippen molar-refractivity contribution in [3.05, 3.63) is 35.4 Å². The van der Waals surface area contributed by atoms with E-state index in [2.05, 4.69) is 6.07 Å². The third-order valence-electron chi connectivity index (χ3n) is 3.29. The molecule has 0 saturated carbocycles. The summed E-state index contributed by atoms with van der Waals surface area (Å²) in [7, 11) is 0. The summed E-state index contributed by atoms with van der Waals surface area (Å²) in [6.45, 7) is 2.34. The minimum atomic E-state index is -1.07. The maximum atomic E-state index is 11.1. The highest BCUT2D eigenvalue weighted by atomic mass is 16.4. The number of hydrogen-bond acceptors (Lipinski definition) is 1. The van der Waals surface area contributed by atoms with Gasteiger partial charge in [0.2, 0.25) is 0 Å². The van der Waals surface area contributed by atoms with Gasteiger partial charge in [-0.3, -0.25) is 4.90 Å². The molecule has 85 valence electrons. The molecule has 3 heteroatoms. The van der Waals surface area contributed by atoms with Crippen LogP contribution in [0.25, 0.3) is 0 Å². The molecular formula is C13H16NO2. The van der Waals surface area contributed by atoms with Crippen LogP contribution in [0.1, 0.15) is 36.9 Å². The number of carbonyl (C=O) groups is 1. The minimum absolute atomic E-state index is 0.0139. The second-order valence-electron chi connectivity index (χ2n) is 4.16. The third-order valence-corrected chi connectivity index (χ3v) is 3.29. The van der Waals surface area contributed by atoms with Crippen LogP contribution in [0.2, 0.25) is 0 Å². The van der Waals surface area contributed by atoms with Crippen LogP contribution < -0.4 is 0 Å². The number of hydrogen-bond donors (Lipinski definition) is 0. The second-order valence-corrected chi connectivity index (χ2v) is 4.16. The van der Waals surface area contributed by atoms with Gasteiger partial charge in [0.1, 0.15) is 0 Å². The summed E-state index contributed by atoms with van der Waals surface area (Å²) in [4.78, 5) is 12.5. The van der Waals surface area contributed by atoms with Gasteiger partial charge in [-0.1, -0.05) is 24.3 Å². The predicted molar refractivity (Wildman–Crippen MR) is 60.6 cm³/mol. The zero-order valence-electron chi connectivity index (χ0n) is 9.48. The molecule has 0 saturated heterocycles. The fraction of sp³-hybridized carbons (Fsp3) is 0.462. The van der Waals surface area contributed by atoms with Gasteiger partial charge < -0.3 is 0 Å². The second kappa shape index (κ2) is 4.56. The molecule has 1 aromatic rings. The molecule has 0 heterocycles. The summed E-state index contributed by atoms with van der Waals surface area (Å²) in [5, 5.41) is 11.1. The summed E-state index contributed by atoms with van der Waals surface area (Å²) in [5.74, 6) is 0. The molecule has 0 N–H and O–H groups in total. The molecule has 1 atom stereocenters. The van der Waals surface area contributed by atoms with Crippen molar-refractivity contribution >= 4 is 6.09 Å². The zero-order valence-corrected chi connectivity index (χ0v) is 9.48.